The number of likely N-dealkylation sites (N-methyl/N-ethyl adjacent to an activating group) is 1. The van der Waals surface area contributed by atoms with E-state index in [4.69, 9.17) is 0 Å². The lowest BCUT2D eigenvalue weighted by Crippen LogP contribution is -2.36. The van der Waals surface area contributed by atoms with E-state index in [1.807, 2.05) is 0 Å². The second-order valence-corrected chi connectivity index (χ2v) is 6.06. The summed E-state index contributed by atoms with van der Waals surface area (Å²) in [4.78, 5) is 5.01. The van der Waals surface area contributed by atoms with Crippen LogP contribution in [-0.2, 0) is 0 Å². The van der Waals surface area contributed by atoms with Crippen molar-refractivity contribution < 1.29 is 0 Å². The summed E-state index contributed by atoms with van der Waals surface area (Å²) in [5.74, 6) is 0. The molecular weight excluding hydrogens is 184 g/mol. The molecule has 0 aromatic carbocycles. The van der Waals surface area contributed by atoms with Gasteiger partial charge in [0.1, 0.15) is 0 Å². The Labute approximate surface area is 95.6 Å². The molecule has 0 radical (unpaired) electrons. The molecule has 0 aromatic heterocycles. The van der Waals surface area contributed by atoms with Gasteiger partial charge in [-0.1, -0.05) is 27.2 Å². The molecule has 1 aliphatic heterocycles. The molecule has 0 amide bonds. The highest BCUT2D eigenvalue weighted by molar-refractivity contribution is 4.84. The van der Waals surface area contributed by atoms with E-state index in [-0.39, 0.29) is 0 Å². The molecule has 0 aliphatic carbocycles. The van der Waals surface area contributed by atoms with Crippen LogP contribution in [0.5, 0.6) is 0 Å². The van der Waals surface area contributed by atoms with Crippen LogP contribution >= 0.6 is 0 Å². The van der Waals surface area contributed by atoms with Gasteiger partial charge < -0.3 is 9.80 Å². The minimum atomic E-state index is 0.496. The fourth-order valence-corrected chi connectivity index (χ4v) is 2.74. The lowest BCUT2D eigenvalue weighted by Gasteiger charge is -2.30. The summed E-state index contributed by atoms with van der Waals surface area (Å²) in [5.41, 5.74) is 0.496. The van der Waals surface area contributed by atoms with Crippen molar-refractivity contribution in [3.05, 3.63) is 0 Å². The van der Waals surface area contributed by atoms with Gasteiger partial charge in [0, 0.05) is 19.1 Å². The number of rotatable bonds is 5. The molecule has 1 unspecified atom stereocenters. The highest BCUT2D eigenvalue weighted by Crippen LogP contribution is 2.26. The largest absolute Gasteiger partial charge is 0.305 e. The van der Waals surface area contributed by atoms with E-state index in [1.54, 1.807) is 0 Å². The van der Waals surface area contributed by atoms with Crippen LogP contribution in [0.2, 0.25) is 0 Å². The van der Waals surface area contributed by atoms with Gasteiger partial charge >= 0.3 is 0 Å². The van der Waals surface area contributed by atoms with Crippen LogP contribution in [0.3, 0.4) is 0 Å². The molecule has 0 spiro atoms. The normalized spacial score (nSPS) is 24.0. The number of likely N-dealkylation sites (tertiary alicyclic amines) is 1. The van der Waals surface area contributed by atoms with Crippen LogP contribution in [0.25, 0.3) is 0 Å². The SMILES string of the molecule is CCCC(C)(C)CN1CCC(N(C)C)C1. The van der Waals surface area contributed by atoms with Crippen LogP contribution in [0.4, 0.5) is 0 Å². The predicted octanol–water partition coefficient (Wildman–Crippen LogP) is 2.45. The highest BCUT2D eigenvalue weighted by Gasteiger charge is 2.28. The Hall–Kier alpha value is -0.0800. The van der Waals surface area contributed by atoms with Crippen molar-refractivity contribution >= 4 is 0 Å². The summed E-state index contributed by atoms with van der Waals surface area (Å²) in [6.07, 6.45) is 3.99. The number of hydrogen-bond acceptors (Lipinski definition) is 2. The smallest absolute Gasteiger partial charge is 0.0229 e. The molecule has 0 aromatic rings. The fraction of sp³-hybridized carbons (Fsp3) is 1.00. The van der Waals surface area contributed by atoms with Crippen LogP contribution in [0, 0.1) is 5.41 Å². The number of nitrogens with zero attached hydrogens (tertiary/aromatic N) is 2. The topological polar surface area (TPSA) is 6.48 Å². The van der Waals surface area contributed by atoms with E-state index in [2.05, 4.69) is 44.7 Å². The van der Waals surface area contributed by atoms with E-state index in [0.717, 1.165) is 6.04 Å². The molecule has 1 aliphatic rings. The summed E-state index contributed by atoms with van der Waals surface area (Å²) in [5, 5.41) is 0. The lowest BCUT2D eigenvalue weighted by molar-refractivity contribution is 0.183. The quantitative estimate of drug-likeness (QED) is 0.691. The summed E-state index contributed by atoms with van der Waals surface area (Å²) >= 11 is 0. The first-order chi connectivity index (χ1) is 6.94. The molecule has 0 saturated carbocycles. The third-order valence-corrected chi connectivity index (χ3v) is 3.56. The van der Waals surface area contributed by atoms with Crippen LogP contribution in [0.1, 0.15) is 40.0 Å². The molecule has 15 heavy (non-hydrogen) atoms. The summed E-state index contributed by atoms with van der Waals surface area (Å²) in [6.45, 7) is 10.9. The maximum absolute atomic E-state index is 2.64. The van der Waals surface area contributed by atoms with Crippen molar-refractivity contribution in [2.45, 2.75) is 46.1 Å². The van der Waals surface area contributed by atoms with E-state index in [9.17, 15) is 0 Å². The maximum Gasteiger partial charge on any atom is 0.0229 e. The van der Waals surface area contributed by atoms with E-state index >= 15 is 0 Å². The molecular formula is C13H28N2. The zero-order valence-electron chi connectivity index (χ0n) is 11.2. The molecule has 0 N–H and O–H groups in total. The van der Waals surface area contributed by atoms with Gasteiger partial charge in [0.15, 0.2) is 0 Å². The Bertz CT molecular complexity index is 187. The molecule has 1 saturated heterocycles. The Morgan fingerprint density at radius 3 is 2.47 bits per heavy atom. The van der Waals surface area contributed by atoms with Gasteiger partial charge in [-0.25, -0.2) is 0 Å². The third kappa shape index (κ3) is 4.12. The first kappa shape index (κ1) is 13.0. The molecule has 0 bridgehead atoms. The highest BCUT2D eigenvalue weighted by atomic mass is 15.2. The summed E-state index contributed by atoms with van der Waals surface area (Å²) in [6, 6.07) is 0.780. The zero-order chi connectivity index (χ0) is 11.5. The number of hydrogen-bond donors (Lipinski definition) is 0. The van der Waals surface area contributed by atoms with Crippen molar-refractivity contribution in [2.24, 2.45) is 5.41 Å². The van der Waals surface area contributed by atoms with Gasteiger partial charge in [0.2, 0.25) is 0 Å². The molecule has 90 valence electrons. The average Bonchev–Trinajstić information content (AvgIpc) is 2.51. The molecule has 1 atom stereocenters. The standard InChI is InChI=1S/C13H28N2/c1-6-8-13(2,3)11-15-9-7-12(10-15)14(4)5/h12H,6-11H2,1-5H3. The third-order valence-electron chi connectivity index (χ3n) is 3.56. The Morgan fingerprint density at radius 2 is 2.00 bits per heavy atom. The minimum absolute atomic E-state index is 0.496. The van der Waals surface area contributed by atoms with Gasteiger partial charge in [-0.2, -0.15) is 0 Å². The van der Waals surface area contributed by atoms with Crippen LogP contribution in [-0.4, -0.2) is 49.6 Å². The van der Waals surface area contributed by atoms with Gasteiger partial charge in [0.05, 0.1) is 0 Å². The second kappa shape index (κ2) is 5.31. The second-order valence-electron chi connectivity index (χ2n) is 6.06. The summed E-state index contributed by atoms with van der Waals surface area (Å²) in [7, 11) is 4.40. The van der Waals surface area contributed by atoms with Crippen molar-refractivity contribution in [3.63, 3.8) is 0 Å². The maximum atomic E-state index is 2.64. The van der Waals surface area contributed by atoms with Crippen molar-refractivity contribution in [1.29, 1.82) is 0 Å². The van der Waals surface area contributed by atoms with Crippen molar-refractivity contribution in [3.8, 4) is 0 Å². The first-order valence-corrected chi connectivity index (χ1v) is 6.33. The van der Waals surface area contributed by atoms with Gasteiger partial charge in [-0.3, -0.25) is 0 Å². The van der Waals surface area contributed by atoms with E-state index in [0.29, 0.717) is 5.41 Å². The Balaban J connectivity index is 2.35. The molecule has 2 heteroatoms. The van der Waals surface area contributed by atoms with Gasteiger partial charge in [0.25, 0.3) is 0 Å². The van der Waals surface area contributed by atoms with Crippen LogP contribution in [0.15, 0.2) is 0 Å². The monoisotopic (exact) mass is 212 g/mol. The van der Waals surface area contributed by atoms with E-state index in [1.165, 1.54) is 38.9 Å². The minimum Gasteiger partial charge on any atom is -0.305 e. The van der Waals surface area contributed by atoms with Crippen LogP contribution < -0.4 is 0 Å². The predicted molar refractivity (Wildman–Crippen MR) is 67.2 cm³/mol. The first-order valence-electron chi connectivity index (χ1n) is 6.33. The average molecular weight is 212 g/mol. The molecule has 2 nitrogen and oxygen atoms in total. The van der Waals surface area contributed by atoms with E-state index < -0.39 is 0 Å². The summed E-state index contributed by atoms with van der Waals surface area (Å²) < 4.78 is 0. The molecule has 1 fully saturated rings. The molecule has 1 heterocycles. The Morgan fingerprint density at radius 1 is 1.33 bits per heavy atom. The fourth-order valence-electron chi connectivity index (χ4n) is 2.74. The van der Waals surface area contributed by atoms with Crippen molar-refractivity contribution in [1.82, 2.24) is 9.80 Å². The molecule has 1 rings (SSSR count). The zero-order valence-corrected chi connectivity index (χ0v) is 11.2. The van der Waals surface area contributed by atoms with Crippen molar-refractivity contribution in [2.75, 3.05) is 33.7 Å². The van der Waals surface area contributed by atoms with Gasteiger partial charge in [-0.05, 0) is 38.9 Å². The van der Waals surface area contributed by atoms with Gasteiger partial charge in [-0.15, -0.1) is 0 Å². The lowest BCUT2D eigenvalue weighted by atomic mass is 9.87. The Kier molecular flexibility index (Phi) is 4.60.